The van der Waals surface area contributed by atoms with E-state index in [1.165, 1.54) is 11.5 Å². The van der Waals surface area contributed by atoms with Gasteiger partial charge >= 0.3 is 0 Å². The zero-order chi connectivity index (χ0) is 14.4. The van der Waals surface area contributed by atoms with E-state index in [-0.39, 0.29) is 24.4 Å². The molecule has 0 aliphatic carbocycles. The Morgan fingerprint density at radius 2 is 2.16 bits per heavy atom. The fourth-order valence-electron chi connectivity index (χ4n) is 2.11. The quantitative estimate of drug-likeness (QED) is 0.697. The number of rotatable bonds is 7. The van der Waals surface area contributed by atoms with E-state index < -0.39 is 0 Å². The van der Waals surface area contributed by atoms with E-state index in [1.54, 1.807) is 7.05 Å². The standard InChI is InChI=1S/C12H22N4O2S/c1-4-8(5-2)16(6-7-17)12-9(11(18)14-3)10(13)15-19-12/h8,17H,4-7H2,1-3H3,(H2,13,15)(H,14,18). The molecule has 0 radical (unpaired) electrons. The first-order valence-corrected chi connectivity index (χ1v) is 7.22. The highest BCUT2D eigenvalue weighted by Crippen LogP contribution is 2.32. The van der Waals surface area contributed by atoms with Crippen LogP contribution < -0.4 is 16.0 Å². The molecule has 1 rings (SSSR count). The summed E-state index contributed by atoms with van der Waals surface area (Å²) in [6.45, 7) is 4.67. The van der Waals surface area contributed by atoms with Crippen LogP contribution >= 0.6 is 11.5 Å². The molecule has 108 valence electrons. The summed E-state index contributed by atoms with van der Waals surface area (Å²) in [5.74, 6) is 0.00314. The molecule has 4 N–H and O–H groups in total. The van der Waals surface area contributed by atoms with Gasteiger partial charge in [0.1, 0.15) is 10.6 Å². The zero-order valence-corrected chi connectivity index (χ0v) is 12.5. The van der Waals surface area contributed by atoms with Gasteiger partial charge in [0.2, 0.25) is 0 Å². The smallest absolute Gasteiger partial charge is 0.257 e. The monoisotopic (exact) mass is 286 g/mol. The number of carbonyl (C=O) groups is 1. The molecule has 6 nitrogen and oxygen atoms in total. The normalized spacial score (nSPS) is 10.8. The molecule has 0 aliphatic rings. The SMILES string of the molecule is CCC(CC)N(CCO)c1snc(N)c1C(=O)NC. The highest BCUT2D eigenvalue weighted by molar-refractivity contribution is 7.11. The zero-order valence-electron chi connectivity index (χ0n) is 11.6. The average Bonchev–Trinajstić information content (AvgIpc) is 2.80. The van der Waals surface area contributed by atoms with Crippen LogP contribution in [0.5, 0.6) is 0 Å². The van der Waals surface area contributed by atoms with Gasteiger partial charge in [0, 0.05) is 19.6 Å². The topological polar surface area (TPSA) is 91.5 Å². The van der Waals surface area contributed by atoms with Gasteiger partial charge < -0.3 is 21.1 Å². The molecular formula is C12H22N4O2S. The molecule has 0 aliphatic heterocycles. The van der Waals surface area contributed by atoms with Crippen molar-refractivity contribution in [3.8, 4) is 0 Å². The van der Waals surface area contributed by atoms with Crippen molar-refractivity contribution in [3.05, 3.63) is 5.56 Å². The molecule has 1 amide bonds. The first-order chi connectivity index (χ1) is 9.10. The number of anilines is 2. The molecule has 0 bridgehead atoms. The minimum atomic E-state index is -0.241. The molecule has 1 aromatic heterocycles. The minimum absolute atomic E-state index is 0.0293. The number of hydrogen-bond donors (Lipinski definition) is 3. The lowest BCUT2D eigenvalue weighted by Crippen LogP contribution is -2.37. The lowest BCUT2D eigenvalue weighted by molar-refractivity contribution is 0.0964. The summed E-state index contributed by atoms with van der Waals surface area (Å²) < 4.78 is 4.08. The van der Waals surface area contributed by atoms with Crippen LogP contribution in [0.1, 0.15) is 37.0 Å². The molecule has 0 saturated heterocycles. The number of amides is 1. The third-order valence-corrected chi connectivity index (χ3v) is 4.04. The Bertz CT molecular complexity index is 418. The molecule has 0 spiro atoms. The number of nitrogen functional groups attached to an aromatic ring is 1. The van der Waals surface area contributed by atoms with Crippen molar-refractivity contribution in [2.24, 2.45) is 0 Å². The predicted octanol–water partition coefficient (Wildman–Crippen LogP) is 1.07. The molecule has 0 saturated carbocycles. The number of hydrogen-bond acceptors (Lipinski definition) is 6. The maximum atomic E-state index is 11.9. The lowest BCUT2D eigenvalue weighted by Gasteiger charge is -2.31. The van der Waals surface area contributed by atoms with E-state index in [0.717, 1.165) is 17.8 Å². The van der Waals surface area contributed by atoms with Crippen LogP contribution in [0.25, 0.3) is 0 Å². The lowest BCUT2D eigenvalue weighted by atomic mass is 10.1. The van der Waals surface area contributed by atoms with E-state index in [2.05, 4.69) is 23.5 Å². The number of aromatic nitrogens is 1. The Labute approximate surface area is 117 Å². The number of aliphatic hydroxyl groups excluding tert-OH is 1. The molecule has 0 atom stereocenters. The Balaban J connectivity index is 3.19. The number of nitrogens with one attached hydrogen (secondary N) is 1. The summed E-state index contributed by atoms with van der Waals surface area (Å²) in [5.41, 5.74) is 6.19. The number of nitrogens with two attached hydrogens (primary N) is 1. The van der Waals surface area contributed by atoms with Crippen molar-refractivity contribution in [2.75, 3.05) is 30.8 Å². The summed E-state index contributed by atoms with van der Waals surface area (Å²) in [6.07, 6.45) is 1.86. The Morgan fingerprint density at radius 1 is 1.53 bits per heavy atom. The summed E-state index contributed by atoms with van der Waals surface area (Å²) in [5, 5.41) is 12.6. The second-order valence-electron chi connectivity index (χ2n) is 4.21. The first-order valence-electron chi connectivity index (χ1n) is 6.45. The molecule has 19 heavy (non-hydrogen) atoms. The van der Waals surface area contributed by atoms with Gasteiger partial charge in [0.05, 0.1) is 6.61 Å². The van der Waals surface area contributed by atoms with Gasteiger partial charge in [-0.2, -0.15) is 4.37 Å². The molecule has 0 fully saturated rings. The summed E-state index contributed by atoms with van der Waals surface area (Å²) in [7, 11) is 1.57. The first kappa shape index (κ1) is 15.7. The average molecular weight is 286 g/mol. The van der Waals surface area contributed by atoms with Crippen LogP contribution in [0.15, 0.2) is 0 Å². The Kier molecular flexibility index (Phi) is 6.04. The van der Waals surface area contributed by atoms with Gasteiger partial charge in [-0.25, -0.2) is 0 Å². The van der Waals surface area contributed by atoms with Crippen LogP contribution in [0.4, 0.5) is 10.8 Å². The Hall–Kier alpha value is -1.34. The highest BCUT2D eigenvalue weighted by atomic mass is 32.1. The van der Waals surface area contributed by atoms with Gasteiger partial charge in [0.25, 0.3) is 5.91 Å². The van der Waals surface area contributed by atoms with E-state index in [9.17, 15) is 9.90 Å². The second kappa shape index (κ2) is 7.30. The Morgan fingerprint density at radius 3 is 2.63 bits per heavy atom. The van der Waals surface area contributed by atoms with E-state index in [4.69, 9.17) is 5.73 Å². The van der Waals surface area contributed by atoms with E-state index in [0.29, 0.717) is 12.1 Å². The van der Waals surface area contributed by atoms with Crippen molar-refractivity contribution in [3.63, 3.8) is 0 Å². The molecular weight excluding hydrogens is 264 g/mol. The van der Waals surface area contributed by atoms with Crippen LogP contribution in [0.3, 0.4) is 0 Å². The predicted molar refractivity (Wildman–Crippen MR) is 78.7 cm³/mol. The van der Waals surface area contributed by atoms with Crippen molar-refractivity contribution in [2.45, 2.75) is 32.7 Å². The van der Waals surface area contributed by atoms with Gasteiger partial charge in [-0.3, -0.25) is 4.79 Å². The maximum Gasteiger partial charge on any atom is 0.257 e. The van der Waals surface area contributed by atoms with Crippen LogP contribution in [0.2, 0.25) is 0 Å². The summed E-state index contributed by atoms with van der Waals surface area (Å²) >= 11 is 1.21. The third kappa shape index (κ3) is 3.36. The summed E-state index contributed by atoms with van der Waals surface area (Å²) in [4.78, 5) is 13.9. The number of carbonyl (C=O) groups excluding carboxylic acids is 1. The molecule has 1 heterocycles. The largest absolute Gasteiger partial charge is 0.395 e. The van der Waals surface area contributed by atoms with Crippen LogP contribution in [0, 0.1) is 0 Å². The minimum Gasteiger partial charge on any atom is -0.395 e. The van der Waals surface area contributed by atoms with E-state index >= 15 is 0 Å². The fourth-order valence-corrected chi connectivity index (χ4v) is 3.02. The van der Waals surface area contributed by atoms with Crippen LogP contribution in [-0.4, -0.2) is 41.6 Å². The molecule has 1 aromatic rings. The summed E-state index contributed by atoms with van der Waals surface area (Å²) in [6, 6.07) is 0.260. The van der Waals surface area contributed by atoms with E-state index in [1.807, 2.05) is 4.90 Å². The maximum absolute atomic E-state index is 11.9. The third-order valence-electron chi connectivity index (χ3n) is 3.14. The molecule has 0 aromatic carbocycles. The van der Waals surface area contributed by atoms with Gasteiger partial charge in [0.15, 0.2) is 5.82 Å². The molecule has 0 unspecified atom stereocenters. The number of aliphatic hydroxyl groups is 1. The van der Waals surface area contributed by atoms with Gasteiger partial charge in [-0.05, 0) is 24.4 Å². The highest BCUT2D eigenvalue weighted by Gasteiger charge is 2.26. The van der Waals surface area contributed by atoms with Gasteiger partial charge in [-0.1, -0.05) is 13.8 Å². The number of nitrogens with zero attached hydrogens (tertiary/aromatic N) is 2. The fraction of sp³-hybridized carbons (Fsp3) is 0.667. The van der Waals surface area contributed by atoms with Crippen LogP contribution in [-0.2, 0) is 0 Å². The van der Waals surface area contributed by atoms with Crippen molar-refractivity contribution in [1.29, 1.82) is 0 Å². The van der Waals surface area contributed by atoms with Crippen molar-refractivity contribution in [1.82, 2.24) is 9.69 Å². The second-order valence-corrected chi connectivity index (χ2v) is 4.97. The van der Waals surface area contributed by atoms with Gasteiger partial charge in [-0.15, -0.1) is 0 Å². The van der Waals surface area contributed by atoms with Crippen molar-refractivity contribution >= 4 is 28.3 Å². The van der Waals surface area contributed by atoms with Crippen molar-refractivity contribution < 1.29 is 9.90 Å². The molecule has 7 heteroatoms.